The maximum absolute atomic E-state index is 10.9. The number of likely N-dealkylation sites (tertiary alicyclic amines) is 1. The third kappa shape index (κ3) is 6.35. The van der Waals surface area contributed by atoms with Crippen LogP contribution in [0.1, 0.15) is 52.4 Å². The van der Waals surface area contributed by atoms with Gasteiger partial charge in [0.05, 0.1) is 0 Å². The first-order valence-electron chi connectivity index (χ1n) is 8.83. The molecule has 0 aromatic heterocycles. The van der Waals surface area contributed by atoms with Gasteiger partial charge in [-0.1, -0.05) is 26.2 Å². The van der Waals surface area contributed by atoms with Crippen LogP contribution in [0.5, 0.6) is 0 Å². The van der Waals surface area contributed by atoms with E-state index in [9.17, 15) is 4.79 Å². The van der Waals surface area contributed by atoms with Crippen LogP contribution in [0.15, 0.2) is 0 Å². The minimum absolute atomic E-state index is 0.0760. The molecule has 0 spiro atoms. The minimum Gasteiger partial charge on any atom is -0.355 e. The van der Waals surface area contributed by atoms with E-state index in [0.29, 0.717) is 6.04 Å². The highest BCUT2D eigenvalue weighted by Crippen LogP contribution is 2.23. The Labute approximate surface area is 130 Å². The van der Waals surface area contributed by atoms with Gasteiger partial charge in [-0.15, -0.1) is 0 Å². The molecule has 1 aliphatic heterocycles. The number of carbonyl (C=O) groups is 1. The summed E-state index contributed by atoms with van der Waals surface area (Å²) >= 11 is 0. The molecule has 1 amide bonds. The molecule has 0 radical (unpaired) electrons. The van der Waals surface area contributed by atoms with Crippen molar-refractivity contribution in [3.05, 3.63) is 0 Å². The van der Waals surface area contributed by atoms with Crippen molar-refractivity contribution < 1.29 is 4.79 Å². The maximum Gasteiger partial charge on any atom is 0.216 e. The van der Waals surface area contributed by atoms with Crippen molar-refractivity contribution in [1.29, 1.82) is 0 Å². The fourth-order valence-electron chi connectivity index (χ4n) is 3.91. The van der Waals surface area contributed by atoms with E-state index in [1.807, 2.05) is 0 Å². The summed E-state index contributed by atoms with van der Waals surface area (Å²) in [6, 6.07) is 0.632. The molecule has 2 N–H and O–H groups in total. The number of rotatable bonds is 6. The van der Waals surface area contributed by atoms with Gasteiger partial charge in [-0.05, 0) is 37.6 Å². The van der Waals surface area contributed by atoms with E-state index in [0.717, 1.165) is 31.5 Å². The Morgan fingerprint density at radius 2 is 1.95 bits per heavy atom. The molecule has 2 atom stereocenters. The van der Waals surface area contributed by atoms with Crippen LogP contribution in [0.4, 0.5) is 0 Å². The van der Waals surface area contributed by atoms with Gasteiger partial charge in [0.1, 0.15) is 0 Å². The van der Waals surface area contributed by atoms with Gasteiger partial charge in [-0.25, -0.2) is 0 Å². The summed E-state index contributed by atoms with van der Waals surface area (Å²) in [5.74, 6) is 1.73. The Morgan fingerprint density at radius 3 is 2.67 bits per heavy atom. The summed E-state index contributed by atoms with van der Waals surface area (Å²) in [6.45, 7) is 9.20. The van der Waals surface area contributed by atoms with Crippen molar-refractivity contribution >= 4 is 5.91 Å². The Bertz CT molecular complexity index is 315. The Morgan fingerprint density at radius 1 is 1.19 bits per heavy atom. The minimum atomic E-state index is 0.0760. The van der Waals surface area contributed by atoms with Crippen LogP contribution in [0.25, 0.3) is 0 Å². The molecular formula is C17H33N3O. The van der Waals surface area contributed by atoms with Crippen molar-refractivity contribution in [3.8, 4) is 0 Å². The number of hydrogen-bond acceptors (Lipinski definition) is 3. The quantitative estimate of drug-likeness (QED) is 0.788. The second-order valence-corrected chi connectivity index (χ2v) is 7.19. The van der Waals surface area contributed by atoms with Crippen LogP contribution >= 0.6 is 0 Å². The van der Waals surface area contributed by atoms with E-state index in [1.165, 1.54) is 51.6 Å². The first-order valence-corrected chi connectivity index (χ1v) is 8.83. The Balaban J connectivity index is 1.68. The fraction of sp³-hybridized carbons (Fsp3) is 0.941. The third-order valence-electron chi connectivity index (χ3n) is 4.96. The van der Waals surface area contributed by atoms with Crippen LogP contribution in [0.2, 0.25) is 0 Å². The molecule has 2 unspecified atom stereocenters. The van der Waals surface area contributed by atoms with Gasteiger partial charge >= 0.3 is 0 Å². The lowest BCUT2D eigenvalue weighted by atomic mass is 9.88. The topological polar surface area (TPSA) is 44.4 Å². The molecule has 0 aromatic carbocycles. The van der Waals surface area contributed by atoms with E-state index >= 15 is 0 Å². The van der Waals surface area contributed by atoms with Crippen molar-refractivity contribution in [2.45, 2.75) is 58.4 Å². The highest BCUT2D eigenvalue weighted by Gasteiger charge is 2.25. The normalized spacial score (nSPS) is 28.5. The standard InChI is InChI=1S/C17H33N3O/c1-14-10-17(19-11-16-6-4-3-5-7-16)13-20(12-14)9-8-18-15(2)21/h14,16-17,19H,3-13H2,1-2H3,(H,18,21). The summed E-state index contributed by atoms with van der Waals surface area (Å²) in [6.07, 6.45) is 8.42. The van der Waals surface area contributed by atoms with Gasteiger partial charge in [0.25, 0.3) is 0 Å². The second kappa shape index (κ2) is 8.74. The molecule has 1 saturated heterocycles. The average Bonchev–Trinajstić information content (AvgIpc) is 2.45. The lowest BCUT2D eigenvalue weighted by molar-refractivity contribution is -0.119. The summed E-state index contributed by atoms with van der Waals surface area (Å²) < 4.78 is 0. The highest BCUT2D eigenvalue weighted by molar-refractivity contribution is 5.72. The van der Waals surface area contributed by atoms with Crippen LogP contribution in [-0.2, 0) is 4.79 Å². The lowest BCUT2D eigenvalue weighted by Gasteiger charge is -2.37. The second-order valence-electron chi connectivity index (χ2n) is 7.19. The van der Waals surface area contributed by atoms with Crippen LogP contribution in [0, 0.1) is 11.8 Å². The lowest BCUT2D eigenvalue weighted by Crippen LogP contribution is -2.51. The van der Waals surface area contributed by atoms with Gasteiger partial charge in [-0.3, -0.25) is 9.69 Å². The first-order chi connectivity index (χ1) is 10.1. The molecule has 4 nitrogen and oxygen atoms in total. The van der Waals surface area contributed by atoms with Crippen LogP contribution in [-0.4, -0.2) is 49.6 Å². The van der Waals surface area contributed by atoms with Gasteiger partial charge in [0.2, 0.25) is 5.91 Å². The van der Waals surface area contributed by atoms with Crippen LogP contribution < -0.4 is 10.6 Å². The van der Waals surface area contributed by atoms with E-state index in [1.54, 1.807) is 6.92 Å². The van der Waals surface area contributed by atoms with Crippen molar-refractivity contribution in [2.75, 3.05) is 32.7 Å². The first kappa shape index (κ1) is 16.8. The highest BCUT2D eigenvalue weighted by atomic mass is 16.1. The summed E-state index contributed by atoms with van der Waals surface area (Å²) in [4.78, 5) is 13.5. The molecule has 2 rings (SSSR count). The molecule has 1 aliphatic carbocycles. The number of carbonyl (C=O) groups excluding carboxylic acids is 1. The van der Waals surface area contributed by atoms with Crippen molar-refractivity contribution in [1.82, 2.24) is 15.5 Å². The molecule has 2 fully saturated rings. The van der Waals surface area contributed by atoms with E-state index in [-0.39, 0.29) is 5.91 Å². The number of hydrogen-bond donors (Lipinski definition) is 2. The monoisotopic (exact) mass is 295 g/mol. The van der Waals surface area contributed by atoms with E-state index in [2.05, 4.69) is 22.5 Å². The number of amides is 1. The van der Waals surface area contributed by atoms with Gasteiger partial charge < -0.3 is 10.6 Å². The predicted molar refractivity (Wildman–Crippen MR) is 87.3 cm³/mol. The van der Waals surface area contributed by atoms with E-state index < -0.39 is 0 Å². The molecule has 2 aliphatic rings. The maximum atomic E-state index is 10.9. The van der Waals surface area contributed by atoms with Crippen LogP contribution in [0.3, 0.4) is 0 Å². The Hall–Kier alpha value is -0.610. The molecular weight excluding hydrogens is 262 g/mol. The number of nitrogens with one attached hydrogen (secondary N) is 2. The smallest absolute Gasteiger partial charge is 0.216 e. The molecule has 21 heavy (non-hydrogen) atoms. The largest absolute Gasteiger partial charge is 0.355 e. The average molecular weight is 295 g/mol. The predicted octanol–water partition coefficient (Wildman–Crippen LogP) is 2.00. The fourth-order valence-corrected chi connectivity index (χ4v) is 3.91. The molecule has 1 heterocycles. The van der Waals surface area contributed by atoms with Gasteiger partial charge in [-0.2, -0.15) is 0 Å². The third-order valence-corrected chi connectivity index (χ3v) is 4.96. The van der Waals surface area contributed by atoms with Gasteiger partial charge in [0, 0.05) is 39.1 Å². The zero-order valence-corrected chi connectivity index (χ0v) is 13.9. The molecule has 4 heteroatoms. The zero-order chi connectivity index (χ0) is 15.1. The molecule has 0 aromatic rings. The summed E-state index contributed by atoms with van der Waals surface area (Å²) in [5.41, 5.74) is 0. The van der Waals surface area contributed by atoms with Crippen molar-refractivity contribution in [2.24, 2.45) is 11.8 Å². The van der Waals surface area contributed by atoms with Crippen molar-refractivity contribution in [3.63, 3.8) is 0 Å². The molecule has 122 valence electrons. The zero-order valence-electron chi connectivity index (χ0n) is 13.9. The van der Waals surface area contributed by atoms with E-state index in [4.69, 9.17) is 0 Å². The molecule has 0 bridgehead atoms. The number of piperidine rings is 1. The van der Waals surface area contributed by atoms with Gasteiger partial charge in [0.15, 0.2) is 0 Å². The summed E-state index contributed by atoms with van der Waals surface area (Å²) in [5, 5.41) is 6.73. The SMILES string of the molecule is CC(=O)NCCN1CC(C)CC(NCC2CCCCC2)C1. The number of nitrogens with zero attached hydrogens (tertiary/aromatic N) is 1. The molecule has 1 saturated carbocycles. The Kier molecular flexibility index (Phi) is 6.97. The summed E-state index contributed by atoms with van der Waals surface area (Å²) in [7, 11) is 0.